The number of hydrazine groups is 1. The van der Waals surface area contributed by atoms with Gasteiger partial charge in [0.2, 0.25) is 10.0 Å². The maximum absolute atomic E-state index is 12.2. The fourth-order valence-corrected chi connectivity index (χ4v) is 3.29. The molecule has 0 aliphatic heterocycles. The Morgan fingerprint density at radius 3 is 2.76 bits per heavy atom. The molecule has 0 saturated carbocycles. The monoisotopic (exact) mass is 329 g/mol. The van der Waals surface area contributed by atoms with Crippen LogP contribution in [0.2, 0.25) is 0 Å². The standard InChI is InChI=1S/C10H11N5O4S2/c11-14-7-1-2-9(15(16)17)10(3-7)21(18,19)13-4-8-5-20-6-12-8/h1-3,5-6,13-14H,4,11H2. The third-order valence-corrected chi connectivity index (χ3v) is 4.61. The minimum absolute atomic E-state index is 0.0523. The summed E-state index contributed by atoms with van der Waals surface area (Å²) >= 11 is 1.32. The molecular formula is C10H11N5O4S2. The van der Waals surface area contributed by atoms with Gasteiger partial charge < -0.3 is 5.43 Å². The van der Waals surface area contributed by atoms with Gasteiger partial charge in [-0.3, -0.25) is 16.0 Å². The highest BCUT2D eigenvalue weighted by atomic mass is 32.2. The number of nitrogens with two attached hydrogens (primary N) is 1. The molecule has 1 heterocycles. The van der Waals surface area contributed by atoms with E-state index in [0.717, 1.165) is 12.1 Å². The molecular weight excluding hydrogens is 318 g/mol. The molecule has 0 spiro atoms. The number of hydrogen-bond donors (Lipinski definition) is 3. The predicted octanol–water partition coefficient (Wildman–Crippen LogP) is 0.815. The zero-order valence-electron chi connectivity index (χ0n) is 10.5. The van der Waals surface area contributed by atoms with Crippen LogP contribution in [0.4, 0.5) is 11.4 Å². The maximum Gasteiger partial charge on any atom is 0.289 e. The number of aromatic nitrogens is 1. The molecule has 9 nitrogen and oxygen atoms in total. The zero-order chi connectivity index (χ0) is 15.5. The number of hydrogen-bond acceptors (Lipinski definition) is 8. The Hall–Kier alpha value is -2.08. The van der Waals surface area contributed by atoms with E-state index in [0.29, 0.717) is 5.69 Å². The molecule has 11 heteroatoms. The first-order valence-corrected chi connectivity index (χ1v) is 7.98. The number of thiazole rings is 1. The molecule has 1 aromatic heterocycles. The molecule has 0 unspecified atom stereocenters. The number of nitro groups is 1. The number of anilines is 1. The zero-order valence-corrected chi connectivity index (χ0v) is 12.1. The molecule has 1 aromatic carbocycles. The number of rotatable bonds is 6. The van der Waals surface area contributed by atoms with E-state index in [2.05, 4.69) is 15.1 Å². The minimum Gasteiger partial charge on any atom is -0.324 e. The molecule has 2 rings (SSSR count). The Kier molecular flexibility index (Phi) is 4.47. The average molecular weight is 329 g/mol. The van der Waals surface area contributed by atoms with E-state index in [-0.39, 0.29) is 12.2 Å². The summed E-state index contributed by atoms with van der Waals surface area (Å²) in [7, 11) is -4.07. The molecule has 0 atom stereocenters. The van der Waals surface area contributed by atoms with Crippen molar-refractivity contribution in [1.82, 2.24) is 9.71 Å². The normalized spacial score (nSPS) is 11.3. The highest BCUT2D eigenvalue weighted by Crippen LogP contribution is 2.26. The fraction of sp³-hybridized carbons (Fsp3) is 0.100. The summed E-state index contributed by atoms with van der Waals surface area (Å²) in [4.78, 5) is 13.7. The van der Waals surface area contributed by atoms with Crippen LogP contribution in [-0.4, -0.2) is 18.3 Å². The summed E-state index contributed by atoms with van der Waals surface area (Å²) in [6, 6.07) is 3.49. The van der Waals surface area contributed by atoms with E-state index in [9.17, 15) is 18.5 Å². The van der Waals surface area contributed by atoms with Crippen molar-refractivity contribution in [2.45, 2.75) is 11.4 Å². The van der Waals surface area contributed by atoms with Gasteiger partial charge >= 0.3 is 0 Å². The van der Waals surface area contributed by atoms with E-state index in [4.69, 9.17) is 5.84 Å². The minimum atomic E-state index is -4.07. The van der Waals surface area contributed by atoms with Gasteiger partial charge in [0.15, 0.2) is 4.90 Å². The molecule has 0 aliphatic rings. The maximum atomic E-state index is 12.2. The quantitative estimate of drug-likeness (QED) is 0.404. The third-order valence-electron chi connectivity index (χ3n) is 2.54. The molecule has 0 fully saturated rings. The van der Waals surface area contributed by atoms with Crippen LogP contribution in [0.15, 0.2) is 34.0 Å². The molecule has 4 N–H and O–H groups in total. The van der Waals surface area contributed by atoms with Gasteiger partial charge in [0.25, 0.3) is 5.69 Å². The average Bonchev–Trinajstić information content (AvgIpc) is 2.98. The number of nitrogens with zero attached hydrogens (tertiary/aromatic N) is 2. The SMILES string of the molecule is NNc1ccc([N+](=O)[O-])c(S(=O)(=O)NCc2cscn2)c1. The van der Waals surface area contributed by atoms with E-state index in [1.165, 1.54) is 17.4 Å². The second-order valence-corrected chi connectivity index (χ2v) is 6.34. The summed E-state index contributed by atoms with van der Waals surface area (Å²) in [5.41, 5.74) is 4.05. The molecule has 0 radical (unpaired) electrons. The number of benzene rings is 1. The van der Waals surface area contributed by atoms with Crippen LogP contribution >= 0.6 is 11.3 Å². The van der Waals surface area contributed by atoms with Crippen LogP contribution in [-0.2, 0) is 16.6 Å². The van der Waals surface area contributed by atoms with Crippen LogP contribution in [0.1, 0.15) is 5.69 Å². The summed E-state index contributed by atoms with van der Waals surface area (Å²) in [6.07, 6.45) is 0. The lowest BCUT2D eigenvalue weighted by Crippen LogP contribution is -2.24. The Bertz CT molecular complexity index is 745. The Morgan fingerprint density at radius 2 is 2.19 bits per heavy atom. The smallest absolute Gasteiger partial charge is 0.289 e. The second-order valence-electron chi connectivity index (χ2n) is 3.89. The summed E-state index contributed by atoms with van der Waals surface area (Å²) in [5.74, 6) is 5.20. The van der Waals surface area contributed by atoms with Crippen LogP contribution in [0.3, 0.4) is 0 Å². The Balaban J connectivity index is 2.35. The lowest BCUT2D eigenvalue weighted by atomic mass is 10.3. The van der Waals surface area contributed by atoms with Crippen molar-refractivity contribution in [3.05, 3.63) is 44.9 Å². The van der Waals surface area contributed by atoms with Crippen LogP contribution in [0, 0.1) is 10.1 Å². The van der Waals surface area contributed by atoms with Gasteiger partial charge in [-0.2, -0.15) is 0 Å². The van der Waals surface area contributed by atoms with Crippen molar-refractivity contribution in [3.8, 4) is 0 Å². The number of sulfonamides is 1. The molecule has 0 aliphatic carbocycles. The first-order chi connectivity index (χ1) is 9.94. The molecule has 0 saturated heterocycles. The van der Waals surface area contributed by atoms with Crippen LogP contribution in [0.5, 0.6) is 0 Å². The van der Waals surface area contributed by atoms with Crippen molar-refractivity contribution in [2.24, 2.45) is 5.84 Å². The first kappa shape index (κ1) is 15.3. The van der Waals surface area contributed by atoms with Crippen LogP contribution < -0.4 is 16.0 Å². The van der Waals surface area contributed by atoms with E-state index >= 15 is 0 Å². The summed E-state index contributed by atoms with van der Waals surface area (Å²) in [6.45, 7) is -0.0523. The third kappa shape index (κ3) is 3.52. The van der Waals surface area contributed by atoms with E-state index in [1.807, 2.05) is 0 Å². The van der Waals surface area contributed by atoms with Crippen molar-refractivity contribution in [2.75, 3.05) is 5.43 Å². The van der Waals surface area contributed by atoms with Gasteiger partial charge in [-0.25, -0.2) is 18.1 Å². The highest BCUT2D eigenvalue weighted by Gasteiger charge is 2.26. The predicted molar refractivity (Wildman–Crippen MR) is 77.0 cm³/mol. The first-order valence-electron chi connectivity index (χ1n) is 5.56. The largest absolute Gasteiger partial charge is 0.324 e. The van der Waals surface area contributed by atoms with Crippen LogP contribution in [0.25, 0.3) is 0 Å². The van der Waals surface area contributed by atoms with E-state index < -0.39 is 25.5 Å². The van der Waals surface area contributed by atoms with Crippen molar-refractivity contribution >= 4 is 32.7 Å². The number of nitrogens with one attached hydrogen (secondary N) is 2. The number of nitrogen functional groups attached to an aromatic ring is 1. The molecule has 112 valence electrons. The van der Waals surface area contributed by atoms with Crippen molar-refractivity contribution < 1.29 is 13.3 Å². The van der Waals surface area contributed by atoms with Gasteiger partial charge in [-0.1, -0.05) is 0 Å². The Morgan fingerprint density at radius 1 is 1.43 bits per heavy atom. The second kappa shape index (κ2) is 6.13. The van der Waals surface area contributed by atoms with Gasteiger partial charge in [-0.15, -0.1) is 11.3 Å². The number of nitro benzene ring substituents is 1. The van der Waals surface area contributed by atoms with Crippen molar-refractivity contribution in [1.29, 1.82) is 0 Å². The van der Waals surface area contributed by atoms with Gasteiger partial charge in [-0.05, 0) is 12.1 Å². The van der Waals surface area contributed by atoms with Gasteiger partial charge in [0.1, 0.15) is 0 Å². The molecule has 21 heavy (non-hydrogen) atoms. The summed E-state index contributed by atoms with van der Waals surface area (Å²) < 4.78 is 26.7. The molecule has 0 bridgehead atoms. The molecule has 2 aromatic rings. The van der Waals surface area contributed by atoms with E-state index in [1.54, 1.807) is 10.9 Å². The van der Waals surface area contributed by atoms with Gasteiger partial charge in [0, 0.05) is 11.4 Å². The lowest BCUT2D eigenvalue weighted by Gasteiger charge is -2.08. The van der Waals surface area contributed by atoms with Crippen molar-refractivity contribution in [3.63, 3.8) is 0 Å². The lowest BCUT2D eigenvalue weighted by molar-refractivity contribution is -0.387. The van der Waals surface area contributed by atoms with Gasteiger partial charge in [0.05, 0.1) is 28.4 Å². The summed E-state index contributed by atoms with van der Waals surface area (Å²) in [5, 5.41) is 12.6. The topological polar surface area (TPSA) is 140 Å². The highest BCUT2D eigenvalue weighted by molar-refractivity contribution is 7.89. The fourth-order valence-electron chi connectivity index (χ4n) is 1.54. The Labute approximate surface area is 124 Å². The molecule has 0 amide bonds.